The minimum absolute atomic E-state index is 0.314. The van der Waals surface area contributed by atoms with Crippen molar-refractivity contribution in [1.29, 1.82) is 0 Å². The molecule has 0 spiro atoms. The van der Waals surface area contributed by atoms with Crippen molar-refractivity contribution in [3.05, 3.63) is 17.5 Å². The van der Waals surface area contributed by atoms with E-state index in [9.17, 15) is 0 Å². The highest BCUT2D eigenvalue weighted by atomic mass is 32.1. The van der Waals surface area contributed by atoms with Crippen LogP contribution in [0, 0.1) is 0 Å². The Balaban J connectivity index is 2.04. The second kappa shape index (κ2) is 4.48. The molecule has 2 aromatic rings. The summed E-state index contributed by atoms with van der Waals surface area (Å²) in [5.74, 6) is 0.314. The number of hydrogen-bond acceptors (Lipinski definition) is 6. The van der Waals surface area contributed by atoms with Crippen LogP contribution >= 0.6 is 11.5 Å². The molecular weight excluding hydrogens is 224 g/mol. The minimum atomic E-state index is 0.314. The van der Waals surface area contributed by atoms with Crippen LogP contribution in [0.15, 0.2) is 6.20 Å². The molecule has 0 aliphatic heterocycles. The van der Waals surface area contributed by atoms with Crippen LogP contribution in [-0.4, -0.2) is 19.1 Å². The number of anilines is 2. The van der Waals surface area contributed by atoms with Gasteiger partial charge in [-0.1, -0.05) is 6.92 Å². The molecular formula is C9H14N6S. The Labute approximate surface area is 97.7 Å². The van der Waals surface area contributed by atoms with Crippen LogP contribution in [0.25, 0.3) is 0 Å². The molecule has 0 atom stereocenters. The molecule has 0 bridgehead atoms. The molecule has 0 amide bonds. The first-order valence-corrected chi connectivity index (χ1v) is 5.81. The average molecular weight is 238 g/mol. The van der Waals surface area contributed by atoms with E-state index in [0.717, 1.165) is 17.2 Å². The lowest BCUT2D eigenvalue weighted by molar-refractivity contribution is 0.746. The summed E-state index contributed by atoms with van der Waals surface area (Å²) in [5.41, 5.74) is 7.72. The minimum Gasteiger partial charge on any atom is -0.367 e. The fraction of sp³-hybridized carbons (Fsp3) is 0.444. The van der Waals surface area contributed by atoms with Crippen LogP contribution in [0.2, 0.25) is 0 Å². The monoisotopic (exact) mass is 238 g/mol. The number of aromatic nitrogens is 4. The molecule has 0 aliphatic rings. The van der Waals surface area contributed by atoms with Crippen molar-refractivity contribution in [2.45, 2.75) is 19.9 Å². The van der Waals surface area contributed by atoms with Gasteiger partial charge in [0.25, 0.3) is 0 Å². The molecule has 0 aliphatic carbocycles. The maximum absolute atomic E-state index is 5.44. The third-order valence-corrected chi connectivity index (χ3v) is 2.89. The summed E-state index contributed by atoms with van der Waals surface area (Å²) in [6, 6.07) is 0. The summed E-state index contributed by atoms with van der Waals surface area (Å²) < 4.78 is 5.73. The van der Waals surface area contributed by atoms with Gasteiger partial charge in [-0.25, -0.2) is 0 Å². The Morgan fingerprint density at radius 2 is 2.38 bits per heavy atom. The first-order valence-electron chi connectivity index (χ1n) is 5.03. The molecule has 2 heterocycles. The second-order valence-corrected chi connectivity index (χ2v) is 4.19. The standard InChI is InChI=1S/C9H14N6S/c1-3-7-6(5-15(2)13-7)4-11-9-12-8(10)14-16-9/h5H,3-4H2,1-2H3,(H3,10,11,12,14). The van der Waals surface area contributed by atoms with Gasteiger partial charge in [0, 0.05) is 36.9 Å². The van der Waals surface area contributed by atoms with E-state index in [2.05, 4.69) is 26.7 Å². The van der Waals surface area contributed by atoms with E-state index < -0.39 is 0 Å². The van der Waals surface area contributed by atoms with E-state index in [1.807, 2.05) is 17.9 Å². The zero-order valence-corrected chi connectivity index (χ0v) is 10.1. The quantitative estimate of drug-likeness (QED) is 0.831. The molecule has 7 heteroatoms. The smallest absolute Gasteiger partial charge is 0.233 e. The fourth-order valence-corrected chi connectivity index (χ4v) is 2.00. The number of aryl methyl sites for hydroxylation is 2. The highest BCUT2D eigenvalue weighted by Gasteiger charge is 2.06. The van der Waals surface area contributed by atoms with Crippen molar-refractivity contribution in [2.75, 3.05) is 11.1 Å². The zero-order chi connectivity index (χ0) is 11.5. The summed E-state index contributed by atoms with van der Waals surface area (Å²) >= 11 is 1.26. The van der Waals surface area contributed by atoms with Crippen LogP contribution in [0.4, 0.5) is 11.1 Å². The van der Waals surface area contributed by atoms with Crippen molar-refractivity contribution in [3.8, 4) is 0 Å². The predicted molar refractivity (Wildman–Crippen MR) is 64.2 cm³/mol. The first-order chi connectivity index (χ1) is 7.69. The second-order valence-electron chi connectivity index (χ2n) is 3.44. The van der Waals surface area contributed by atoms with Gasteiger partial charge >= 0.3 is 0 Å². The molecule has 6 nitrogen and oxygen atoms in total. The van der Waals surface area contributed by atoms with Gasteiger partial charge in [0.2, 0.25) is 11.1 Å². The molecule has 0 aromatic carbocycles. The molecule has 16 heavy (non-hydrogen) atoms. The van der Waals surface area contributed by atoms with E-state index >= 15 is 0 Å². The van der Waals surface area contributed by atoms with E-state index in [4.69, 9.17) is 5.73 Å². The molecule has 0 fully saturated rings. The summed E-state index contributed by atoms with van der Waals surface area (Å²) in [7, 11) is 1.92. The summed E-state index contributed by atoms with van der Waals surface area (Å²) in [4.78, 5) is 4.03. The van der Waals surface area contributed by atoms with E-state index in [-0.39, 0.29) is 0 Å². The summed E-state index contributed by atoms with van der Waals surface area (Å²) in [6.45, 7) is 2.79. The van der Waals surface area contributed by atoms with Crippen molar-refractivity contribution >= 4 is 22.6 Å². The van der Waals surface area contributed by atoms with Gasteiger partial charge in [-0.15, -0.1) is 0 Å². The largest absolute Gasteiger partial charge is 0.367 e. The van der Waals surface area contributed by atoms with Crippen LogP contribution < -0.4 is 11.1 Å². The van der Waals surface area contributed by atoms with Crippen LogP contribution in [0.1, 0.15) is 18.2 Å². The molecule has 0 saturated carbocycles. The summed E-state index contributed by atoms with van der Waals surface area (Å²) in [5, 5.41) is 8.29. The molecule has 0 saturated heterocycles. The number of nitrogens with two attached hydrogens (primary N) is 1. The Morgan fingerprint density at radius 3 is 3.00 bits per heavy atom. The molecule has 86 valence electrons. The third kappa shape index (κ3) is 2.30. The SMILES string of the molecule is CCc1nn(C)cc1CNc1nc(N)ns1. The van der Waals surface area contributed by atoms with Gasteiger partial charge in [0.15, 0.2) is 0 Å². The van der Waals surface area contributed by atoms with Gasteiger partial charge in [0.1, 0.15) is 0 Å². The highest BCUT2D eigenvalue weighted by molar-refractivity contribution is 7.09. The highest BCUT2D eigenvalue weighted by Crippen LogP contribution is 2.14. The zero-order valence-electron chi connectivity index (χ0n) is 9.27. The Bertz CT molecular complexity index is 474. The molecule has 2 aromatic heterocycles. The van der Waals surface area contributed by atoms with Crippen molar-refractivity contribution in [3.63, 3.8) is 0 Å². The number of hydrogen-bond donors (Lipinski definition) is 2. The molecule has 0 radical (unpaired) electrons. The lowest BCUT2D eigenvalue weighted by Gasteiger charge is -2.00. The Kier molecular flexibility index (Phi) is 3.04. The van der Waals surface area contributed by atoms with Crippen LogP contribution in [-0.2, 0) is 20.0 Å². The van der Waals surface area contributed by atoms with Crippen LogP contribution in [0.3, 0.4) is 0 Å². The van der Waals surface area contributed by atoms with Crippen molar-refractivity contribution < 1.29 is 0 Å². The van der Waals surface area contributed by atoms with Gasteiger partial charge in [-0.3, -0.25) is 4.68 Å². The number of rotatable bonds is 4. The Morgan fingerprint density at radius 1 is 1.56 bits per heavy atom. The molecule has 2 rings (SSSR count). The van der Waals surface area contributed by atoms with Crippen molar-refractivity contribution in [1.82, 2.24) is 19.1 Å². The normalized spacial score (nSPS) is 10.6. The molecule has 0 unspecified atom stereocenters. The van der Waals surface area contributed by atoms with Crippen LogP contribution in [0.5, 0.6) is 0 Å². The summed E-state index contributed by atoms with van der Waals surface area (Å²) in [6.07, 6.45) is 2.94. The van der Waals surface area contributed by atoms with E-state index in [1.54, 1.807) is 0 Å². The third-order valence-electron chi connectivity index (χ3n) is 2.20. The van der Waals surface area contributed by atoms with Gasteiger partial charge in [0.05, 0.1) is 5.69 Å². The lowest BCUT2D eigenvalue weighted by Crippen LogP contribution is -2.00. The van der Waals surface area contributed by atoms with Gasteiger partial charge < -0.3 is 11.1 Å². The lowest BCUT2D eigenvalue weighted by atomic mass is 10.2. The number of nitrogens with zero attached hydrogens (tertiary/aromatic N) is 4. The Hall–Kier alpha value is -1.63. The van der Waals surface area contributed by atoms with E-state index in [0.29, 0.717) is 12.5 Å². The fourth-order valence-electron chi connectivity index (χ4n) is 1.51. The topological polar surface area (TPSA) is 81.7 Å². The first kappa shape index (κ1) is 10.9. The van der Waals surface area contributed by atoms with Crippen molar-refractivity contribution in [2.24, 2.45) is 7.05 Å². The predicted octanol–water partition coefficient (Wildman–Crippen LogP) is 1.03. The average Bonchev–Trinajstić information content (AvgIpc) is 2.81. The van der Waals surface area contributed by atoms with Gasteiger partial charge in [-0.05, 0) is 6.42 Å². The number of nitrogen functional groups attached to an aromatic ring is 1. The maximum atomic E-state index is 5.44. The van der Waals surface area contributed by atoms with E-state index in [1.165, 1.54) is 17.1 Å². The maximum Gasteiger partial charge on any atom is 0.233 e. The molecule has 3 N–H and O–H groups in total. The number of nitrogens with one attached hydrogen (secondary N) is 1. The van der Waals surface area contributed by atoms with Gasteiger partial charge in [-0.2, -0.15) is 14.5 Å².